The lowest BCUT2D eigenvalue weighted by Crippen LogP contribution is -2.07. The molecule has 0 aliphatic carbocycles. The molecule has 0 atom stereocenters. The number of halogens is 1. The van der Waals surface area contributed by atoms with Crippen LogP contribution in [0.5, 0.6) is 0 Å². The quantitative estimate of drug-likeness (QED) is 0.824. The fraction of sp³-hybridized carbons (Fsp3) is 0.357. The van der Waals surface area contributed by atoms with Crippen molar-refractivity contribution >= 4 is 28.8 Å². The second-order valence-electron chi connectivity index (χ2n) is 5.22. The number of pyridine rings is 1. The molecule has 0 spiro atoms. The van der Waals surface area contributed by atoms with Crippen molar-refractivity contribution in [3.05, 3.63) is 45.2 Å². The van der Waals surface area contributed by atoms with Crippen molar-refractivity contribution in [3.63, 3.8) is 0 Å². The van der Waals surface area contributed by atoms with Crippen LogP contribution in [0.2, 0.25) is 5.15 Å². The minimum atomic E-state index is 0.219. The lowest BCUT2D eigenvalue weighted by Gasteiger charge is -2.15. The number of rotatable bonds is 3. The highest BCUT2D eigenvalue weighted by Gasteiger charge is 2.15. The van der Waals surface area contributed by atoms with Gasteiger partial charge in [0, 0.05) is 9.75 Å². The molecular weight excluding hydrogens is 264 g/mol. The van der Waals surface area contributed by atoms with E-state index < -0.39 is 0 Å². The Morgan fingerprint density at radius 3 is 2.61 bits per heavy atom. The number of nitrogens with one attached hydrogen (secondary N) is 1. The molecule has 0 aliphatic rings. The molecule has 2 aromatic heterocycles. The standard InChI is InChI=1S/C14H17ClN2S/c1-14(2,3)11-8-7-10(18-11)9-16-13-6-4-5-12(15)17-13/h4-8H,9H2,1-3H3,(H,16,17). The van der Waals surface area contributed by atoms with Crippen LogP contribution < -0.4 is 5.32 Å². The van der Waals surface area contributed by atoms with E-state index in [4.69, 9.17) is 11.6 Å². The van der Waals surface area contributed by atoms with Crippen LogP contribution in [0.3, 0.4) is 0 Å². The molecule has 2 heterocycles. The highest BCUT2D eigenvalue weighted by molar-refractivity contribution is 7.12. The molecule has 0 saturated carbocycles. The van der Waals surface area contributed by atoms with Gasteiger partial charge in [0.2, 0.25) is 0 Å². The zero-order chi connectivity index (χ0) is 13.2. The number of hydrogen-bond acceptors (Lipinski definition) is 3. The van der Waals surface area contributed by atoms with Gasteiger partial charge in [-0.2, -0.15) is 0 Å². The van der Waals surface area contributed by atoms with Gasteiger partial charge in [0.05, 0.1) is 6.54 Å². The number of aromatic nitrogens is 1. The van der Waals surface area contributed by atoms with Crippen molar-refractivity contribution in [1.29, 1.82) is 0 Å². The van der Waals surface area contributed by atoms with Gasteiger partial charge in [-0.25, -0.2) is 4.98 Å². The Bertz CT molecular complexity index is 529. The minimum absolute atomic E-state index is 0.219. The SMILES string of the molecule is CC(C)(C)c1ccc(CNc2cccc(Cl)n2)s1. The van der Waals surface area contributed by atoms with Crippen molar-refractivity contribution in [2.45, 2.75) is 32.7 Å². The number of hydrogen-bond donors (Lipinski definition) is 1. The Morgan fingerprint density at radius 1 is 1.22 bits per heavy atom. The molecule has 2 aromatic rings. The number of thiophene rings is 1. The molecule has 0 aromatic carbocycles. The van der Waals surface area contributed by atoms with E-state index in [0.717, 1.165) is 12.4 Å². The van der Waals surface area contributed by atoms with Crippen LogP contribution in [0.25, 0.3) is 0 Å². The molecule has 0 amide bonds. The van der Waals surface area contributed by atoms with E-state index in [1.54, 1.807) is 6.07 Å². The largest absolute Gasteiger partial charge is 0.365 e. The maximum Gasteiger partial charge on any atom is 0.131 e. The molecule has 1 N–H and O–H groups in total. The van der Waals surface area contributed by atoms with Gasteiger partial charge >= 0.3 is 0 Å². The van der Waals surface area contributed by atoms with Crippen molar-refractivity contribution in [2.24, 2.45) is 0 Å². The molecule has 18 heavy (non-hydrogen) atoms. The van der Waals surface area contributed by atoms with Crippen LogP contribution in [-0.2, 0) is 12.0 Å². The summed E-state index contributed by atoms with van der Waals surface area (Å²) in [5, 5.41) is 3.80. The second kappa shape index (κ2) is 5.29. The topological polar surface area (TPSA) is 24.9 Å². The van der Waals surface area contributed by atoms with Gasteiger partial charge in [0.15, 0.2) is 0 Å². The van der Waals surface area contributed by atoms with E-state index in [0.29, 0.717) is 5.15 Å². The summed E-state index contributed by atoms with van der Waals surface area (Å²) < 4.78 is 0. The van der Waals surface area contributed by atoms with Crippen molar-refractivity contribution < 1.29 is 0 Å². The molecular formula is C14H17ClN2S. The van der Waals surface area contributed by atoms with Gasteiger partial charge in [0.25, 0.3) is 0 Å². The van der Waals surface area contributed by atoms with E-state index in [9.17, 15) is 0 Å². The molecule has 0 unspecified atom stereocenters. The maximum atomic E-state index is 5.84. The lowest BCUT2D eigenvalue weighted by atomic mass is 9.95. The average Bonchev–Trinajstić information content (AvgIpc) is 2.74. The van der Waals surface area contributed by atoms with Crippen LogP contribution in [0.4, 0.5) is 5.82 Å². The minimum Gasteiger partial charge on any atom is -0.365 e. The number of anilines is 1. The van der Waals surface area contributed by atoms with E-state index in [2.05, 4.69) is 43.2 Å². The predicted molar refractivity (Wildman–Crippen MR) is 79.6 cm³/mol. The van der Waals surface area contributed by atoms with Gasteiger partial charge < -0.3 is 5.32 Å². The highest BCUT2D eigenvalue weighted by atomic mass is 35.5. The van der Waals surface area contributed by atoms with Gasteiger partial charge in [-0.3, -0.25) is 0 Å². The summed E-state index contributed by atoms with van der Waals surface area (Å²) in [7, 11) is 0. The summed E-state index contributed by atoms with van der Waals surface area (Å²) >= 11 is 7.68. The zero-order valence-electron chi connectivity index (χ0n) is 10.8. The highest BCUT2D eigenvalue weighted by Crippen LogP contribution is 2.29. The van der Waals surface area contributed by atoms with E-state index in [1.165, 1.54) is 9.75 Å². The third-order valence-corrected chi connectivity index (χ3v) is 4.28. The summed E-state index contributed by atoms with van der Waals surface area (Å²) in [5.41, 5.74) is 0.219. The third kappa shape index (κ3) is 3.47. The first kappa shape index (κ1) is 13.4. The van der Waals surface area contributed by atoms with Gasteiger partial charge in [-0.1, -0.05) is 38.4 Å². The Balaban J connectivity index is 2.01. The Kier molecular flexibility index (Phi) is 3.93. The molecule has 96 valence electrons. The third-order valence-electron chi connectivity index (χ3n) is 2.56. The zero-order valence-corrected chi connectivity index (χ0v) is 12.4. The number of nitrogens with zero attached hydrogens (tertiary/aromatic N) is 1. The Hall–Kier alpha value is -1.06. The molecule has 2 nitrogen and oxygen atoms in total. The summed E-state index contributed by atoms with van der Waals surface area (Å²) in [5.74, 6) is 0.813. The molecule has 0 radical (unpaired) electrons. The summed E-state index contributed by atoms with van der Waals surface area (Å²) in [6.07, 6.45) is 0. The smallest absolute Gasteiger partial charge is 0.131 e. The van der Waals surface area contributed by atoms with E-state index in [1.807, 2.05) is 23.5 Å². The van der Waals surface area contributed by atoms with Crippen molar-refractivity contribution in [3.8, 4) is 0 Å². The van der Waals surface area contributed by atoms with Crippen molar-refractivity contribution in [1.82, 2.24) is 4.98 Å². The monoisotopic (exact) mass is 280 g/mol. The fourth-order valence-electron chi connectivity index (χ4n) is 1.56. The van der Waals surface area contributed by atoms with Gasteiger partial charge in [-0.05, 0) is 29.7 Å². The molecule has 0 saturated heterocycles. The van der Waals surface area contributed by atoms with Crippen LogP contribution >= 0.6 is 22.9 Å². The lowest BCUT2D eigenvalue weighted by molar-refractivity contribution is 0.604. The van der Waals surface area contributed by atoms with Crippen LogP contribution in [-0.4, -0.2) is 4.98 Å². The van der Waals surface area contributed by atoms with Crippen molar-refractivity contribution in [2.75, 3.05) is 5.32 Å². The first-order chi connectivity index (χ1) is 8.45. The molecule has 0 aliphatic heterocycles. The normalized spacial score (nSPS) is 11.6. The van der Waals surface area contributed by atoms with E-state index in [-0.39, 0.29) is 5.41 Å². The molecule has 2 rings (SSSR count). The Labute approximate surface area is 117 Å². The summed E-state index contributed by atoms with van der Waals surface area (Å²) in [6.45, 7) is 7.48. The Morgan fingerprint density at radius 2 is 2.00 bits per heavy atom. The fourth-order valence-corrected chi connectivity index (χ4v) is 2.73. The summed E-state index contributed by atoms with van der Waals surface area (Å²) in [4.78, 5) is 6.91. The molecule has 4 heteroatoms. The maximum absolute atomic E-state index is 5.84. The second-order valence-corrected chi connectivity index (χ2v) is 6.77. The average molecular weight is 281 g/mol. The molecule has 0 bridgehead atoms. The van der Waals surface area contributed by atoms with Crippen LogP contribution in [0.15, 0.2) is 30.3 Å². The first-order valence-electron chi connectivity index (χ1n) is 5.91. The van der Waals surface area contributed by atoms with Gasteiger partial charge in [0.1, 0.15) is 11.0 Å². The van der Waals surface area contributed by atoms with Crippen LogP contribution in [0, 0.1) is 0 Å². The van der Waals surface area contributed by atoms with E-state index >= 15 is 0 Å². The van der Waals surface area contributed by atoms with Crippen LogP contribution in [0.1, 0.15) is 30.5 Å². The summed E-state index contributed by atoms with van der Waals surface area (Å²) in [6, 6.07) is 9.96. The first-order valence-corrected chi connectivity index (χ1v) is 7.10. The van der Waals surface area contributed by atoms with Gasteiger partial charge in [-0.15, -0.1) is 11.3 Å². The molecule has 0 fully saturated rings. The predicted octanol–water partition coefficient (Wildman–Crippen LogP) is 4.71.